The fraction of sp³-hybridized carbons (Fsp3) is 1.00. The molecule has 12 heteroatoms. The molecule has 0 atom stereocenters. The molecule has 0 saturated carbocycles. The second-order valence-corrected chi connectivity index (χ2v) is 5.24. The van der Waals surface area contributed by atoms with Crippen molar-refractivity contribution < 1.29 is 52.7 Å². The lowest BCUT2D eigenvalue weighted by Gasteiger charge is -2.29. The van der Waals surface area contributed by atoms with Crippen LogP contribution in [0.4, 0.5) is 52.7 Å². The predicted octanol–water partition coefficient (Wildman–Crippen LogP) is 6.27. The van der Waals surface area contributed by atoms with Crippen LogP contribution in [0.15, 0.2) is 0 Å². The maximum absolute atomic E-state index is 11.6. The van der Waals surface area contributed by atoms with Gasteiger partial charge in [-0.15, -0.1) is 0 Å². The van der Waals surface area contributed by atoms with Crippen LogP contribution in [-0.4, -0.2) is 24.7 Å². The summed E-state index contributed by atoms with van der Waals surface area (Å²) in [4.78, 5) is 0. The molecule has 0 aromatic rings. The minimum Gasteiger partial charge on any atom is -0.170 e. The number of hydrogen-bond acceptors (Lipinski definition) is 0. The van der Waals surface area contributed by atoms with Gasteiger partial charge in [-0.3, -0.25) is 0 Å². The number of hydrogen-bond donors (Lipinski definition) is 0. The average Bonchev–Trinajstić information content (AvgIpc) is 2.10. The smallest absolute Gasteiger partial charge is 0.170 e. The van der Waals surface area contributed by atoms with Crippen LogP contribution in [0.3, 0.4) is 0 Å². The van der Waals surface area contributed by atoms with Gasteiger partial charge in [0.15, 0.2) is 10.8 Å². The van der Waals surface area contributed by atoms with Crippen LogP contribution in [0, 0.1) is 10.8 Å². The maximum atomic E-state index is 11.6. The molecule has 0 N–H and O–H groups in total. The van der Waals surface area contributed by atoms with Gasteiger partial charge in [-0.05, 0) is 27.7 Å². The van der Waals surface area contributed by atoms with Crippen molar-refractivity contribution in [3.63, 3.8) is 0 Å². The van der Waals surface area contributed by atoms with E-state index >= 15 is 0 Å². The van der Waals surface area contributed by atoms with Gasteiger partial charge in [0.2, 0.25) is 0 Å². The van der Waals surface area contributed by atoms with E-state index in [4.69, 9.17) is 0 Å². The Morgan fingerprint density at radius 1 is 0.318 bits per heavy atom. The fourth-order valence-electron chi connectivity index (χ4n) is 0.321. The van der Waals surface area contributed by atoms with E-state index in [0.717, 1.165) is 0 Å². The number of halogens is 12. The molecular formula is C10H12F12. The Hall–Kier alpha value is -0.840. The molecule has 0 rings (SSSR count). The van der Waals surface area contributed by atoms with Gasteiger partial charge in [0.25, 0.3) is 0 Å². The highest BCUT2D eigenvalue weighted by Crippen LogP contribution is 2.50. The van der Waals surface area contributed by atoms with Crippen molar-refractivity contribution in [2.45, 2.75) is 52.4 Å². The Bertz CT molecular complexity index is 280. The summed E-state index contributed by atoms with van der Waals surface area (Å²) in [6, 6.07) is 0. The van der Waals surface area contributed by atoms with E-state index in [9.17, 15) is 52.7 Å². The summed E-state index contributed by atoms with van der Waals surface area (Å²) in [5.74, 6) is 0. The van der Waals surface area contributed by atoms with Crippen LogP contribution < -0.4 is 0 Å². The lowest BCUT2D eigenvalue weighted by Crippen LogP contribution is -2.44. The maximum Gasteiger partial charge on any atom is 0.402 e. The first-order valence-electron chi connectivity index (χ1n) is 5.27. The number of alkyl halides is 12. The van der Waals surface area contributed by atoms with Gasteiger partial charge in [-0.2, -0.15) is 52.7 Å². The standard InChI is InChI=1S/2C5H6F6/c2*1-3(2,4(6,7)8)5(9,10)11/h2*1-2H3. The Kier molecular flexibility index (Phi) is 6.37. The van der Waals surface area contributed by atoms with Crippen molar-refractivity contribution >= 4 is 0 Å². The normalized spacial score (nSPS) is 15.3. The van der Waals surface area contributed by atoms with Crippen LogP contribution in [0.2, 0.25) is 0 Å². The summed E-state index contributed by atoms with van der Waals surface area (Å²) in [6.07, 6.45) is -21.0. The van der Waals surface area contributed by atoms with E-state index in [0.29, 0.717) is 0 Å². The molecule has 0 fully saturated rings. The molecule has 0 radical (unpaired) electrons. The highest BCUT2D eigenvalue weighted by Gasteiger charge is 2.64. The molecule has 0 unspecified atom stereocenters. The summed E-state index contributed by atoms with van der Waals surface area (Å²) in [5.41, 5.74) is -7.25. The lowest BCUT2D eigenvalue weighted by molar-refractivity contribution is -0.328. The van der Waals surface area contributed by atoms with E-state index in [-0.39, 0.29) is 27.7 Å². The Morgan fingerprint density at radius 3 is 0.409 bits per heavy atom. The van der Waals surface area contributed by atoms with Crippen molar-refractivity contribution in [1.29, 1.82) is 0 Å². The van der Waals surface area contributed by atoms with Gasteiger partial charge in [-0.25, -0.2) is 0 Å². The first-order chi connectivity index (χ1) is 9.00. The molecule has 0 aromatic heterocycles. The zero-order valence-corrected chi connectivity index (χ0v) is 11.5. The minimum absolute atomic E-state index is 0.104. The molecule has 0 aliphatic carbocycles. The van der Waals surface area contributed by atoms with Gasteiger partial charge < -0.3 is 0 Å². The molecular weight excluding hydrogens is 348 g/mol. The van der Waals surface area contributed by atoms with Crippen molar-refractivity contribution in [3.05, 3.63) is 0 Å². The quantitative estimate of drug-likeness (QED) is 0.447. The highest BCUT2D eigenvalue weighted by molar-refractivity contribution is 4.85. The summed E-state index contributed by atoms with van der Waals surface area (Å²) < 4.78 is 139. The zero-order chi connectivity index (χ0) is 19.0. The van der Waals surface area contributed by atoms with Crippen LogP contribution in [-0.2, 0) is 0 Å². The Labute approximate surface area is 117 Å². The minimum atomic E-state index is -5.24. The van der Waals surface area contributed by atoms with Crippen molar-refractivity contribution in [3.8, 4) is 0 Å². The second kappa shape index (κ2) is 5.99. The third-order valence-electron chi connectivity index (χ3n) is 2.83. The van der Waals surface area contributed by atoms with Crippen molar-refractivity contribution in [2.75, 3.05) is 0 Å². The summed E-state index contributed by atoms with van der Waals surface area (Å²) in [7, 11) is 0. The predicted molar refractivity (Wildman–Crippen MR) is 51.8 cm³/mol. The molecule has 0 aliphatic heterocycles. The van der Waals surface area contributed by atoms with Crippen LogP contribution in [0.25, 0.3) is 0 Å². The summed E-state index contributed by atoms with van der Waals surface area (Å²) >= 11 is 0. The molecule has 136 valence electrons. The Balaban J connectivity index is 0. The molecule has 0 spiro atoms. The molecule has 22 heavy (non-hydrogen) atoms. The van der Waals surface area contributed by atoms with E-state index in [1.807, 2.05) is 0 Å². The highest BCUT2D eigenvalue weighted by atomic mass is 19.4. The van der Waals surface area contributed by atoms with Crippen LogP contribution in [0.5, 0.6) is 0 Å². The van der Waals surface area contributed by atoms with E-state index in [1.165, 1.54) is 0 Å². The van der Waals surface area contributed by atoms with E-state index < -0.39 is 35.5 Å². The fourth-order valence-corrected chi connectivity index (χ4v) is 0.321. The van der Waals surface area contributed by atoms with E-state index in [2.05, 4.69) is 0 Å². The van der Waals surface area contributed by atoms with Gasteiger partial charge in [0.1, 0.15) is 0 Å². The zero-order valence-electron chi connectivity index (χ0n) is 11.5. The van der Waals surface area contributed by atoms with Crippen molar-refractivity contribution in [1.82, 2.24) is 0 Å². The first kappa shape index (κ1) is 23.4. The van der Waals surface area contributed by atoms with Gasteiger partial charge in [0.05, 0.1) is 0 Å². The third-order valence-corrected chi connectivity index (χ3v) is 2.83. The molecule has 0 amide bonds. The van der Waals surface area contributed by atoms with Crippen LogP contribution >= 0.6 is 0 Å². The Morgan fingerprint density at radius 2 is 0.409 bits per heavy atom. The van der Waals surface area contributed by atoms with Gasteiger partial charge in [-0.1, -0.05) is 0 Å². The van der Waals surface area contributed by atoms with Gasteiger partial charge >= 0.3 is 24.7 Å². The summed E-state index contributed by atoms with van der Waals surface area (Å²) in [5, 5.41) is 0. The SMILES string of the molecule is CC(C)(C(F)(F)F)C(F)(F)F.CC(C)(C(F)(F)F)C(F)(F)F. The molecule has 0 heterocycles. The molecule has 0 nitrogen and oxygen atoms in total. The number of rotatable bonds is 0. The molecule has 0 bridgehead atoms. The largest absolute Gasteiger partial charge is 0.402 e. The summed E-state index contributed by atoms with van der Waals surface area (Å²) in [6.45, 7) is 0.417. The molecule has 0 saturated heterocycles. The van der Waals surface area contributed by atoms with Gasteiger partial charge in [0, 0.05) is 0 Å². The second-order valence-electron chi connectivity index (χ2n) is 5.24. The van der Waals surface area contributed by atoms with E-state index in [1.54, 1.807) is 0 Å². The monoisotopic (exact) mass is 360 g/mol. The lowest BCUT2D eigenvalue weighted by atomic mass is 9.92. The van der Waals surface area contributed by atoms with Crippen molar-refractivity contribution in [2.24, 2.45) is 10.8 Å². The first-order valence-corrected chi connectivity index (χ1v) is 5.27. The third kappa shape index (κ3) is 5.11. The molecule has 0 aromatic carbocycles. The van der Waals surface area contributed by atoms with Crippen LogP contribution in [0.1, 0.15) is 27.7 Å². The topological polar surface area (TPSA) is 0 Å². The molecule has 0 aliphatic rings. The average molecular weight is 360 g/mol.